The molecule has 1 atom stereocenters. The van der Waals surface area contributed by atoms with Gasteiger partial charge < -0.3 is 10.8 Å². The summed E-state index contributed by atoms with van der Waals surface area (Å²) in [5, 5.41) is 11.6. The van der Waals surface area contributed by atoms with Crippen LogP contribution in [0.5, 0.6) is 0 Å². The number of hydrogen-bond donors (Lipinski definition) is 2. The van der Waals surface area contributed by atoms with Gasteiger partial charge in [0, 0.05) is 10.6 Å². The Morgan fingerprint density at radius 3 is 2.79 bits per heavy atom. The molecule has 102 valence electrons. The van der Waals surface area contributed by atoms with Crippen molar-refractivity contribution < 1.29 is 5.11 Å². The fraction of sp³-hybridized carbons (Fsp3) is 0.533. The van der Waals surface area contributed by atoms with Crippen LogP contribution in [0.2, 0.25) is 5.02 Å². The van der Waals surface area contributed by atoms with Crippen LogP contribution in [-0.4, -0.2) is 10.9 Å². The third-order valence-corrected chi connectivity index (χ3v) is 4.61. The zero-order chi connectivity index (χ0) is 13.5. The molecule has 3 rings (SSSR count). The normalized spacial score (nSPS) is 27.2. The lowest BCUT2D eigenvalue weighted by atomic mass is 9.78. The van der Waals surface area contributed by atoms with Gasteiger partial charge in [0.2, 0.25) is 0 Å². The Bertz CT molecular complexity index is 523. The van der Waals surface area contributed by atoms with Crippen molar-refractivity contribution in [2.24, 2.45) is 16.6 Å². The highest BCUT2D eigenvalue weighted by atomic mass is 35.5. The molecule has 1 saturated carbocycles. The van der Waals surface area contributed by atoms with E-state index in [2.05, 4.69) is 4.99 Å². The third-order valence-electron chi connectivity index (χ3n) is 4.38. The summed E-state index contributed by atoms with van der Waals surface area (Å²) in [7, 11) is 0. The van der Waals surface area contributed by atoms with Crippen molar-refractivity contribution in [1.82, 2.24) is 0 Å². The summed E-state index contributed by atoms with van der Waals surface area (Å²) in [4.78, 5) is 4.30. The van der Waals surface area contributed by atoms with Crippen LogP contribution in [0.1, 0.15) is 44.1 Å². The van der Waals surface area contributed by atoms with Crippen molar-refractivity contribution in [3.8, 4) is 0 Å². The smallest absolute Gasteiger partial charge is 0.149 e. The highest BCUT2D eigenvalue weighted by Gasteiger charge is 2.42. The molecule has 3 nitrogen and oxygen atoms in total. The van der Waals surface area contributed by atoms with Gasteiger partial charge in [-0.2, -0.15) is 0 Å². The van der Waals surface area contributed by atoms with Crippen LogP contribution in [0, 0.1) is 5.92 Å². The van der Waals surface area contributed by atoms with E-state index in [4.69, 9.17) is 17.3 Å². The molecule has 4 heteroatoms. The van der Waals surface area contributed by atoms with Gasteiger partial charge in [-0.05, 0) is 30.5 Å². The predicted octanol–water partition coefficient (Wildman–Crippen LogP) is 3.50. The van der Waals surface area contributed by atoms with Gasteiger partial charge in [0.15, 0.2) is 0 Å². The van der Waals surface area contributed by atoms with Crippen molar-refractivity contribution in [1.29, 1.82) is 0 Å². The van der Waals surface area contributed by atoms with Crippen molar-refractivity contribution in [2.75, 3.05) is 0 Å². The summed E-state index contributed by atoms with van der Waals surface area (Å²) in [5.74, 6) is 0.841. The van der Waals surface area contributed by atoms with Crippen LogP contribution >= 0.6 is 11.6 Å². The first kappa shape index (κ1) is 12.9. The highest BCUT2D eigenvalue weighted by Crippen LogP contribution is 2.44. The topological polar surface area (TPSA) is 58.6 Å². The quantitative estimate of drug-likeness (QED) is 0.870. The average Bonchev–Trinajstić information content (AvgIpc) is 2.64. The molecule has 1 aromatic carbocycles. The SMILES string of the molecule is NC1=Nc2ccc(Cl)cc2C1(O)CC1CCCCC1. The van der Waals surface area contributed by atoms with Crippen LogP contribution in [0.25, 0.3) is 0 Å². The molecular formula is C15H19ClN2O. The number of halogens is 1. The van der Waals surface area contributed by atoms with Gasteiger partial charge in [0.05, 0.1) is 5.69 Å². The summed E-state index contributed by atoms with van der Waals surface area (Å²) >= 11 is 6.04. The molecule has 0 radical (unpaired) electrons. The largest absolute Gasteiger partial charge is 0.384 e. The number of hydrogen-bond acceptors (Lipinski definition) is 3. The molecule has 0 aromatic heterocycles. The highest BCUT2D eigenvalue weighted by molar-refractivity contribution is 6.30. The summed E-state index contributed by atoms with van der Waals surface area (Å²) in [6.07, 6.45) is 6.81. The number of fused-ring (bicyclic) bond motifs is 1. The zero-order valence-corrected chi connectivity index (χ0v) is 11.7. The summed E-state index contributed by atoms with van der Waals surface area (Å²) in [6, 6.07) is 5.40. The molecule has 1 aliphatic carbocycles. The van der Waals surface area contributed by atoms with Gasteiger partial charge in [-0.15, -0.1) is 0 Å². The minimum absolute atomic E-state index is 0.315. The van der Waals surface area contributed by atoms with Crippen LogP contribution in [0.4, 0.5) is 5.69 Å². The molecule has 1 unspecified atom stereocenters. The van der Waals surface area contributed by atoms with Gasteiger partial charge in [0.1, 0.15) is 11.4 Å². The van der Waals surface area contributed by atoms with Crippen molar-refractivity contribution in [3.63, 3.8) is 0 Å². The maximum atomic E-state index is 11.0. The van der Waals surface area contributed by atoms with E-state index in [0.29, 0.717) is 23.2 Å². The third kappa shape index (κ3) is 2.26. The molecule has 1 aromatic rings. The van der Waals surface area contributed by atoms with E-state index in [1.165, 1.54) is 32.1 Å². The van der Waals surface area contributed by atoms with Crippen LogP contribution in [-0.2, 0) is 5.60 Å². The van der Waals surface area contributed by atoms with Gasteiger partial charge in [-0.25, -0.2) is 4.99 Å². The fourth-order valence-electron chi connectivity index (χ4n) is 3.32. The molecule has 19 heavy (non-hydrogen) atoms. The van der Waals surface area contributed by atoms with E-state index in [0.717, 1.165) is 11.3 Å². The Morgan fingerprint density at radius 1 is 1.32 bits per heavy atom. The molecule has 0 bridgehead atoms. The predicted molar refractivity (Wildman–Crippen MR) is 77.8 cm³/mol. The van der Waals surface area contributed by atoms with Crippen molar-refractivity contribution in [3.05, 3.63) is 28.8 Å². The molecule has 0 amide bonds. The number of amidine groups is 1. The van der Waals surface area contributed by atoms with E-state index < -0.39 is 5.60 Å². The fourth-order valence-corrected chi connectivity index (χ4v) is 3.49. The number of aliphatic imine (C=N–C) groups is 1. The number of rotatable bonds is 2. The van der Waals surface area contributed by atoms with E-state index in [1.54, 1.807) is 12.1 Å². The zero-order valence-electron chi connectivity index (χ0n) is 10.9. The standard InChI is InChI=1S/C15H19ClN2O/c16-11-6-7-13-12(8-11)15(19,14(17)18-13)9-10-4-2-1-3-5-10/h6-8,10,19H,1-5,9H2,(H2,17,18). The minimum atomic E-state index is -1.12. The molecule has 1 aliphatic heterocycles. The molecule has 0 saturated heterocycles. The first-order valence-corrected chi connectivity index (χ1v) is 7.34. The molecule has 3 N–H and O–H groups in total. The minimum Gasteiger partial charge on any atom is -0.384 e. The second-order valence-corrected chi connectivity index (χ2v) is 6.16. The van der Waals surface area contributed by atoms with Crippen LogP contribution in [0.15, 0.2) is 23.2 Å². The van der Waals surface area contributed by atoms with E-state index in [-0.39, 0.29) is 0 Å². The maximum Gasteiger partial charge on any atom is 0.149 e. The summed E-state index contributed by atoms with van der Waals surface area (Å²) in [5.41, 5.74) is 6.38. The first-order valence-electron chi connectivity index (χ1n) is 6.96. The second-order valence-electron chi connectivity index (χ2n) is 5.73. The van der Waals surface area contributed by atoms with Crippen LogP contribution in [0.3, 0.4) is 0 Å². The lowest BCUT2D eigenvalue weighted by Crippen LogP contribution is -2.40. The molecule has 1 heterocycles. The van der Waals surface area contributed by atoms with Gasteiger partial charge in [0.25, 0.3) is 0 Å². The lowest BCUT2D eigenvalue weighted by molar-refractivity contribution is 0.0747. The second kappa shape index (κ2) is 4.80. The monoisotopic (exact) mass is 278 g/mol. The number of nitrogens with zero attached hydrogens (tertiary/aromatic N) is 1. The van der Waals surface area contributed by atoms with E-state index >= 15 is 0 Å². The molecule has 2 aliphatic rings. The molecule has 0 spiro atoms. The Morgan fingerprint density at radius 2 is 2.05 bits per heavy atom. The Labute approximate surface area is 118 Å². The Balaban J connectivity index is 1.90. The maximum absolute atomic E-state index is 11.0. The van der Waals surface area contributed by atoms with E-state index in [9.17, 15) is 5.11 Å². The van der Waals surface area contributed by atoms with E-state index in [1.807, 2.05) is 6.07 Å². The summed E-state index contributed by atoms with van der Waals surface area (Å²) in [6.45, 7) is 0. The van der Waals surface area contributed by atoms with Gasteiger partial charge >= 0.3 is 0 Å². The first-order chi connectivity index (χ1) is 9.09. The number of benzene rings is 1. The molecule has 1 fully saturated rings. The number of aliphatic hydroxyl groups is 1. The van der Waals surface area contributed by atoms with Gasteiger partial charge in [-0.1, -0.05) is 43.7 Å². The lowest BCUT2D eigenvalue weighted by Gasteiger charge is -2.31. The van der Waals surface area contributed by atoms with Crippen molar-refractivity contribution >= 4 is 23.1 Å². The van der Waals surface area contributed by atoms with Crippen molar-refractivity contribution in [2.45, 2.75) is 44.1 Å². The Hall–Kier alpha value is -1.06. The molecular weight excluding hydrogens is 260 g/mol. The van der Waals surface area contributed by atoms with Gasteiger partial charge in [-0.3, -0.25) is 0 Å². The summed E-state index contributed by atoms with van der Waals surface area (Å²) < 4.78 is 0. The van der Waals surface area contributed by atoms with Crippen LogP contribution < -0.4 is 5.73 Å². The Kier molecular flexibility index (Phi) is 3.27. The number of nitrogens with two attached hydrogens (primary N) is 1. The average molecular weight is 279 g/mol.